The highest BCUT2D eigenvalue weighted by molar-refractivity contribution is 7.89. The van der Waals surface area contributed by atoms with E-state index in [0.29, 0.717) is 12.8 Å². The molecule has 21 heavy (non-hydrogen) atoms. The van der Waals surface area contributed by atoms with Crippen molar-refractivity contribution in [3.8, 4) is 0 Å². The number of nitrogens with zero attached hydrogens (tertiary/aromatic N) is 1. The SMILES string of the molecule is CCC(CC)N(CCO)S(=O)(=O)c1c(Cl)cc(Cl)cc1Cl. The maximum atomic E-state index is 12.8. The smallest absolute Gasteiger partial charge is 0.246 e. The maximum Gasteiger partial charge on any atom is 0.246 e. The highest BCUT2D eigenvalue weighted by Crippen LogP contribution is 2.35. The topological polar surface area (TPSA) is 57.6 Å². The van der Waals surface area contributed by atoms with Crippen molar-refractivity contribution in [2.45, 2.75) is 37.6 Å². The molecule has 0 atom stereocenters. The molecule has 0 aliphatic carbocycles. The number of benzene rings is 1. The molecule has 0 radical (unpaired) electrons. The Morgan fingerprint density at radius 2 is 1.62 bits per heavy atom. The minimum absolute atomic E-state index is 0.00996. The number of aliphatic hydroxyl groups excluding tert-OH is 1. The van der Waals surface area contributed by atoms with Gasteiger partial charge in [0.2, 0.25) is 10.0 Å². The fourth-order valence-electron chi connectivity index (χ4n) is 2.19. The highest BCUT2D eigenvalue weighted by Gasteiger charge is 2.33. The van der Waals surface area contributed by atoms with E-state index in [2.05, 4.69) is 0 Å². The Morgan fingerprint density at radius 1 is 1.14 bits per heavy atom. The zero-order valence-electron chi connectivity index (χ0n) is 11.8. The monoisotopic (exact) mass is 373 g/mol. The van der Waals surface area contributed by atoms with Gasteiger partial charge >= 0.3 is 0 Å². The fourth-order valence-corrected chi connectivity index (χ4v) is 5.45. The lowest BCUT2D eigenvalue weighted by molar-refractivity contribution is 0.219. The van der Waals surface area contributed by atoms with Gasteiger partial charge in [-0.15, -0.1) is 0 Å². The summed E-state index contributed by atoms with van der Waals surface area (Å²) in [6.45, 7) is 3.49. The normalized spacial score (nSPS) is 12.4. The number of sulfonamides is 1. The van der Waals surface area contributed by atoms with Gasteiger partial charge in [0.05, 0.1) is 16.7 Å². The summed E-state index contributed by atoms with van der Waals surface area (Å²) < 4.78 is 26.9. The molecule has 8 heteroatoms. The van der Waals surface area contributed by atoms with Crippen molar-refractivity contribution in [1.82, 2.24) is 4.31 Å². The van der Waals surface area contributed by atoms with Crippen LogP contribution in [0.4, 0.5) is 0 Å². The average molecular weight is 375 g/mol. The van der Waals surface area contributed by atoms with Crippen molar-refractivity contribution in [2.24, 2.45) is 0 Å². The molecule has 0 amide bonds. The first-order valence-corrected chi connectivity index (χ1v) is 9.14. The third-order valence-electron chi connectivity index (χ3n) is 3.20. The Morgan fingerprint density at radius 3 is 2.00 bits per heavy atom. The van der Waals surface area contributed by atoms with Gasteiger partial charge in [0.1, 0.15) is 4.90 Å². The molecule has 0 aliphatic heterocycles. The first-order chi connectivity index (χ1) is 9.79. The summed E-state index contributed by atoms with van der Waals surface area (Å²) in [6.07, 6.45) is 1.25. The standard InChI is InChI=1S/C13H18Cl3NO3S/c1-3-10(4-2)17(5-6-18)21(19,20)13-11(15)7-9(14)8-12(13)16/h7-8,10,18H,3-6H2,1-2H3. The van der Waals surface area contributed by atoms with Crippen LogP contribution in [0.5, 0.6) is 0 Å². The molecule has 4 nitrogen and oxygen atoms in total. The molecular formula is C13H18Cl3NO3S. The molecule has 0 fully saturated rings. The summed E-state index contributed by atoms with van der Waals surface area (Å²) in [5.41, 5.74) is 0. The predicted octanol–water partition coefficient (Wildman–Crippen LogP) is 3.82. The van der Waals surface area contributed by atoms with Crippen molar-refractivity contribution in [3.05, 3.63) is 27.2 Å². The number of hydrogen-bond donors (Lipinski definition) is 1. The third-order valence-corrected chi connectivity index (χ3v) is 6.29. The molecule has 0 saturated heterocycles. The van der Waals surface area contributed by atoms with Crippen LogP contribution < -0.4 is 0 Å². The Labute approximate surface area is 140 Å². The van der Waals surface area contributed by atoms with Crippen LogP contribution in [0.2, 0.25) is 15.1 Å². The molecule has 0 heterocycles. The second-order valence-electron chi connectivity index (χ2n) is 4.51. The Hall–Kier alpha value is -0.0400. The molecule has 120 valence electrons. The van der Waals surface area contributed by atoms with Gasteiger partial charge < -0.3 is 5.11 Å². The van der Waals surface area contributed by atoms with E-state index in [-0.39, 0.29) is 39.2 Å². The van der Waals surface area contributed by atoms with E-state index in [9.17, 15) is 13.5 Å². The van der Waals surface area contributed by atoms with Crippen molar-refractivity contribution < 1.29 is 13.5 Å². The average Bonchev–Trinajstić information content (AvgIpc) is 2.37. The van der Waals surface area contributed by atoms with Crippen LogP contribution in [0.25, 0.3) is 0 Å². The number of halogens is 3. The largest absolute Gasteiger partial charge is 0.395 e. The molecule has 0 aliphatic rings. The first kappa shape index (κ1) is 19.0. The molecule has 0 spiro atoms. The Balaban J connectivity index is 3.43. The third kappa shape index (κ3) is 4.24. The van der Waals surface area contributed by atoms with Gasteiger partial charge in [0.25, 0.3) is 0 Å². The van der Waals surface area contributed by atoms with Crippen LogP contribution in [-0.2, 0) is 10.0 Å². The molecule has 0 aromatic heterocycles. The van der Waals surface area contributed by atoms with Gasteiger partial charge in [-0.1, -0.05) is 48.7 Å². The van der Waals surface area contributed by atoms with Crippen molar-refractivity contribution in [2.75, 3.05) is 13.2 Å². The molecule has 0 saturated carbocycles. The van der Waals surface area contributed by atoms with Crippen LogP contribution in [-0.4, -0.2) is 37.0 Å². The summed E-state index contributed by atoms with van der Waals surface area (Å²) in [4.78, 5) is -0.171. The lowest BCUT2D eigenvalue weighted by Gasteiger charge is -2.29. The van der Waals surface area contributed by atoms with Crippen LogP contribution in [0.1, 0.15) is 26.7 Å². The van der Waals surface area contributed by atoms with E-state index in [1.54, 1.807) is 0 Å². The van der Waals surface area contributed by atoms with Crippen LogP contribution in [0.15, 0.2) is 17.0 Å². The number of aliphatic hydroxyl groups is 1. The summed E-state index contributed by atoms with van der Waals surface area (Å²) in [6, 6.07) is 2.45. The zero-order chi connectivity index (χ0) is 16.2. The van der Waals surface area contributed by atoms with Gasteiger partial charge in [0.15, 0.2) is 0 Å². The van der Waals surface area contributed by atoms with Gasteiger partial charge in [-0.3, -0.25) is 0 Å². The van der Waals surface area contributed by atoms with Crippen LogP contribution >= 0.6 is 34.8 Å². The first-order valence-electron chi connectivity index (χ1n) is 6.56. The number of rotatable bonds is 7. The minimum Gasteiger partial charge on any atom is -0.395 e. The summed E-state index contributed by atoms with van der Waals surface area (Å²) in [5.74, 6) is 0. The summed E-state index contributed by atoms with van der Waals surface area (Å²) in [7, 11) is -3.91. The second kappa shape index (κ2) is 7.99. The van der Waals surface area contributed by atoms with Gasteiger partial charge in [-0.05, 0) is 25.0 Å². The van der Waals surface area contributed by atoms with E-state index in [0.717, 1.165) is 0 Å². The fraction of sp³-hybridized carbons (Fsp3) is 0.538. The van der Waals surface area contributed by atoms with Gasteiger partial charge in [0, 0.05) is 17.6 Å². The van der Waals surface area contributed by atoms with Crippen molar-refractivity contribution in [1.29, 1.82) is 0 Å². The number of hydrogen-bond acceptors (Lipinski definition) is 3. The highest BCUT2D eigenvalue weighted by atomic mass is 35.5. The zero-order valence-corrected chi connectivity index (χ0v) is 14.9. The van der Waals surface area contributed by atoms with Crippen molar-refractivity contribution >= 4 is 44.8 Å². The van der Waals surface area contributed by atoms with Gasteiger partial charge in [-0.25, -0.2) is 8.42 Å². The molecule has 1 aromatic carbocycles. The van der Waals surface area contributed by atoms with E-state index in [1.165, 1.54) is 16.4 Å². The molecular weight excluding hydrogens is 357 g/mol. The van der Waals surface area contributed by atoms with E-state index in [4.69, 9.17) is 34.8 Å². The van der Waals surface area contributed by atoms with Gasteiger partial charge in [-0.2, -0.15) is 4.31 Å². The van der Waals surface area contributed by atoms with E-state index >= 15 is 0 Å². The lowest BCUT2D eigenvalue weighted by atomic mass is 10.2. The molecule has 1 aromatic rings. The minimum atomic E-state index is -3.91. The molecule has 1 N–H and O–H groups in total. The second-order valence-corrected chi connectivity index (χ2v) is 7.59. The van der Waals surface area contributed by atoms with Crippen LogP contribution in [0, 0.1) is 0 Å². The predicted molar refractivity (Wildman–Crippen MR) is 86.8 cm³/mol. The van der Waals surface area contributed by atoms with E-state index < -0.39 is 10.0 Å². The van der Waals surface area contributed by atoms with E-state index in [1.807, 2.05) is 13.8 Å². The molecule has 0 unspecified atom stereocenters. The van der Waals surface area contributed by atoms with Crippen LogP contribution in [0.3, 0.4) is 0 Å². The Bertz CT molecular complexity index is 565. The molecule has 1 rings (SSSR count). The maximum absolute atomic E-state index is 12.8. The Kier molecular flexibility index (Phi) is 7.24. The molecule has 0 bridgehead atoms. The summed E-state index contributed by atoms with van der Waals surface area (Å²) >= 11 is 17.8. The van der Waals surface area contributed by atoms with Crippen molar-refractivity contribution in [3.63, 3.8) is 0 Å². The quantitative estimate of drug-likeness (QED) is 0.789. The summed E-state index contributed by atoms with van der Waals surface area (Å²) in [5, 5.41) is 9.39. The lowest BCUT2D eigenvalue weighted by Crippen LogP contribution is -2.41.